The van der Waals surface area contributed by atoms with Gasteiger partial charge in [0, 0.05) is 39.0 Å². The van der Waals surface area contributed by atoms with Gasteiger partial charge in [-0.15, -0.1) is 4.31 Å². The molecule has 5 nitrogen and oxygen atoms in total. The molecule has 0 bridgehead atoms. The minimum atomic E-state index is -1.18. The highest BCUT2D eigenvalue weighted by molar-refractivity contribution is 7.89. The van der Waals surface area contributed by atoms with Gasteiger partial charge in [-0.05, 0) is 26.0 Å². The number of aryl methyl sites for hydroxylation is 2. The number of benzene rings is 1. The third-order valence-electron chi connectivity index (χ3n) is 4.45. The molecule has 3 rings (SSSR count). The van der Waals surface area contributed by atoms with E-state index in [0.29, 0.717) is 28.9 Å². The van der Waals surface area contributed by atoms with Crippen LogP contribution in [0.25, 0.3) is 0 Å². The van der Waals surface area contributed by atoms with Gasteiger partial charge < -0.3 is 9.29 Å². The number of piperidine rings is 1. The maximum absolute atomic E-state index is 12.9. The molecule has 1 aromatic heterocycles. The van der Waals surface area contributed by atoms with Crippen molar-refractivity contribution in [1.82, 2.24) is 14.1 Å². The quantitative estimate of drug-likeness (QED) is 0.728. The van der Waals surface area contributed by atoms with Crippen molar-refractivity contribution in [2.75, 3.05) is 13.1 Å². The van der Waals surface area contributed by atoms with E-state index in [2.05, 4.69) is 5.10 Å². The van der Waals surface area contributed by atoms with Gasteiger partial charge in [0.2, 0.25) is 4.90 Å². The van der Waals surface area contributed by atoms with Gasteiger partial charge in [-0.3, -0.25) is 4.68 Å². The van der Waals surface area contributed by atoms with Gasteiger partial charge >= 0.3 is 0 Å². The molecule has 1 saturated heterocycles. The van der Waals surface area contributed by atoms with Gasteiger partial charge in [0.25, 0.3) is 0 Å². The largest absolute Gasteiger partial charge is 0.593 e. The van der Waals surface area contributed by atoms with E-state index >= 15 is 0 Å². The van der Waals surface area contributed by atoms with Crippen molar-refractivity contribution in [3.63, 3.8) is 0 Å². The van der Waals surface area contributed by atoms with Crippen LogP contribution < -0.4 is 4.74 Å². The van der Waals surface area contributed by atoms with E-state index in [1.54, 1.807) is 16.8 Å². The maximum Gasteiger partial charge on any atom is 0.217 e. The van der Waals surface area contributed by atoms with E-state index in [9.17, 15) is 4.55 Å². The monoisotopic (exact) mass is 401 g/mol. The summed E-state index contributed by atoms with van der Waals surface area (Å²) in [6, 6.07) is 5.29. The van der Waals surface area contributed by atoms with Gasteiger partial charge in [0.15, 0.2) is 0 Å². The van der Waals surface area contributed by atoms with Gasteiger partial charge in [-0.2, -0.15) is 5.10 Å². The number of hydrogen-bond donors (Lipinski definition) is 0. The first kappa shape index (κ1) is 18.9. The summed E-state index contributed by atoms with van der Waals surface area (Å²) in [5.74, 6) is 0.716. The van der Waals surface area contributed by atoms with Crippen LogP contribution in [0.1, 0.15) is 24.2 Å². The summed E-state index contributed by atoms with van der Waals surface area (Å²) in [5.41, 5.74) is 1.78. The van der Waals surface area contributed by atoms with Crippen LogP contribution in [0.4, 0.5) is 0 Å². The van der Waals surface area contributed by atoms with Crippen molar-refractivity contribution in [2.45, 2.75) is 37.7 Å². The smallest absolute Gasteiger partial charge is 0.217 e. The van der Waals surface area contributed by atoms with Crippen molar-refractivity contribution in [3.05, 3.63) is 39.6 Å². The van der Waals surface area contributed by atoms with E-state index < -0.39 is 11.4 Å². The zero-order valence-electron chi connectivity index (χ0n) is 14.5. The molecule has 0 N–H and O–H groups in total. The second-order valence-corrected chi connectivity index (χ2v) is 8.43. The molecule has 2 heterocycles. The molecule has 1 unspecified atom stereocenters. The van der Waals surface area contributed by atoms with Gasteiger partial charge in [-0.1, -0.05) is 23.2 Å². The molecule has 1 aliphatic rings. The molecule has 0 spiro atoms. The van der Waals surface area contributed by atoms with E-state index in [4.69, 9.17) is 27.9 Å². The Kier molecular flexibility index (Phi) is 5.85. The fourth-order valence-electron chi connectivity index (χ4n) is 2.99. The Hall–Kier alpha value is -0.920. The lowest BCUT2D eigenvalue weighted by atomic mass is 10.1. The van der Waals surface area contributed by atoms with Crippen LogP contribution >= 0.6 is 23.2 Å². The van der Waals surface area contributed by atoms with Gasteiger partial charge in [0.05, 0.1) is 27.1 Å². The molecule has 1 aromatic carbocycles. The molecule has 1 aliphatic heterocycles. The molecule has 1 atom stereocenters. The third kappa shape index (κ3) is 4.09. The number of aromatic nitrogens is 2. The van der Waals surface area contributed by atoms with Crippen LogP contribution in [-0.2, 0) is 18.4 Å². The maximum atomic E-state index is 12.9. The zero-order valence-corrected chi connectivity index (χ0v) is 16.8. The first-order chi connectivity index (χ1) is 11.9. The number of halogens is 2. The Balaban J connectivity index is 1.60. The Bertz CT molecular complexity index is 761. The Morgan fingerprint density at radius 1 is 1.20 bits per heavy atom. The van der Waals surface area contributed by atoms with Crippen molar-refractivity contribution in [3.8, 4) is 5.75 Å². The summed E-state index contributed by atoms with van der Waals surface area (Å²) in [5, 5.41) is 5.36. The lowest BCUT2D eigenvalue weighted by molar-refractivity contribution is 0.135. The molecule has 1 fully saturated rings. The molecule has 0 radical (unpaired) electrons. The summed E-state index contributed by atoms with van der Waals surface area (Å²) in [7, 11) is 1.88. The molecule has 2 aromatic rings. The van der Waals surface area contributed by atoms with Crippen molar-refractivity contribution in [1.29, 1.82) is 0 Å². The minimum absolute atomic E-state index is 0.0848. The molecule has 25 heavy (non-hydrogen) atoms. The molecule has 0 amide bonds. The summed E-state index contributed by atoms with van der Waals surface area (Å²) in [6.07, 6.45) is 1.70. The van der Waals surface area contributed by atoms with Gasteiger partial charge in [0.1, 0.15) is 17.5 Å². The standard InChI is InChI=1S/C17H21Cl2N3O2S/c1-11-17(12(2)21(3)20-11)25(23)22-8-6-13(7-9-22)24-14-4-5-15(18)16(19)10-14/h4-5,10,13H,6-9H2,1-3H3. The molecule has 0 aliphatic carbocycles. The van der Waals surface area contributed by atoms with Crippen molar-refractivity contribution >= 4 is 34.6 Å². The fourth-order valence-corrected chi connectivity index (χ4v) is 4.76. The van der Waals surface area contributed by atoms with E-state index in [0.717, 1.165) is 29.1 Å². The number of nitrogens with zero attached hydrogens (tertiary/aromatic N) is 3. The SMILES string of the molecule is Cc1nn(C)c(C)c1[S+]([O-])N1CCC(Oc2ccc(Cl)c(Cl)c2)CC1. The van der Waals surface area contributed by atoms with Crippen molar-refractivity contribution < 1.29 is 9.29 Å². The van der Waals surface area contributed by atoms with E-state index in [1.807, 2.05) is 31.3 Å². The second kappa shape index (κ2) is 7.76. The second-order valence-electron chi connectivity index (χ2n) is 6.19. The molecule has 0 saturated carbocycles. The van der Waals surface area contributed by atoms with Crippen LogP contribution in [-0.4, -0.2) is 37.8 Å². The van der Waals surface area contributed by atoms with Crippen molar-refractivity contribution in [2.24, 2.45) is 7.05 Å². The number of rotatable bonds is 4. The highest BCUT2D eigenvalue weighted by Gasteiger charge is 2.33. The number of ether oxygens (including phenoxy) is 1. The predicted molar refractivity (Wildman–Crippen MR) is 101 cm³/mol. The van der Waals surface area contributed by atoms with Crippen LogP contribution in [0.15, 0.2) is 23.1 Å². The van der Waals surface area contributed by atoms with Crippen LogP contribution in [0.3, 0.4) is 0 Å². The zero-order chi connectivity index (χ0) is 18.1. The lowest BCUT2D eigenvalue weighted by Gasteiger charge is -2.31. The van der Waals surface area contributed by atoms with Gasteiger partial charge in [-0.25, -0.2) is 0 Å². The average Bonchev–Trinajstić information content (AvgIpc) is 2.83. The first-order valence-corrected chi connectivity index (χ1v) is 10.0. The number of hydrogen-bond acceptors (Lipinski definition) is 4. The predicted octanol–water partition coefficient (Wildman–Crippen LogP) is 3.91. The minimum Gasteiger partial charge on any atom is -0.593 e. The summed E-state index contributed by atoms with van der Waals surface area (Å²) in [6.45, 7) is 5.28. The average molecular weight is 402 g/mol. The van der Waals surface area contributed by atoms with Crippen LogP contribution in [0.2, 0.25) is 10.0 Å². The molecular weight excluding hydrogens is 381 g/mol. The molecule has 8 heteroatoms. The summed E-state index contributed by atoms with van der Waals surface area (Å²) >= 11 is 10.8. The highest BCUT2D eigenvalue weighted by Crippen LogP contribution is 2.30. The van der Waals surface area contributed by atoms with E-state index in [-0.39, 0.29) is 6.10 Å². The first-order valence-electron chi connectivity index (χ1n) is 8.15. The normalized spacial score (nSPS) is 17.7. The molecular formula is C17H21Cl2N3O2S. The Morgan fingerprint density at radius 2 is 1.88 bits per heavy atom. The Labute approximate surface area is 161 Å². The topological polar surface area (TPSA) is 53.3 Å². The summed E-state index contributed by atoms with van der Waals surface area (Å²) < 4.78 is 22.7. The summed E-state index contributed by atoms with van der Waals surface area (Å²) in [4.78, 5) is 0.825. The van der Waals surface area contributed by atoms with Crippen LogP contribution in [0, 0.1) is 13.8 Å². The molecule has 136 valence electrons. The third-order valence-corrected chi connectivity index (χ3v) is 6.96. The Morgan fingerprint density at radius 3 is 2.44 bits per heavy atom. The van der Waals surface area contributed by atoms with E-state index in [1.165, 1.54) is 0 Å². The lowest BCUT2D eigenvalue weighted by Crippen LogP contribution is -2.42. The fraction of sp³-hybridized carbons (Fsp3) is 0.471. The highest BCUT2D eigenvalue weighted by atomic mass is 35.5. The van der Waals surface area contributed by atoms with Crippen LogP contribution in [0.5, 0.6) is 5.75 Å².